The van der Waals surface area contributed by atoms with Gasteiger partial charge in [-0.15, -0.1) is 0 Å². The summed E-state index contributed by atoms with van der Waals surface area (Å²) in [6.45, 7) is 4.14. The molecule has 0 bridgehead atoms. The molecule has 0 radical (unpaired) electrons. The molecule has 0 aromatic carbocycles. The molecule has 0 saturated carbocycles. The Morgan fingerprint density at radius 1 is 1.38 bits per heavy atom. The molecule has 1 rings (SSSR count). The molecule has 0 spiro atoms. The van der Waals surface area contributed by atoms with Crippen LogP contribution in [0.15, 0.2) is 0 Å². The molecule has 78 valence electrons. The Labute approximate surface area is 81.0 Å². The van der Waals surface area contributed by atoms with E-state index in [2.05, 4.69) is 11.8 Å². The minimum absolute atomic E-state index is 0.272. The predicted octanol–water partition coefficient (Wildman–Crippen LogP) is 0.905. The van der Waals surface area contributed by atoms with Gasteiger partial charge < -0.3 is 0 Å². The molecule has 1 saturated heterocycles. The highest BCUT2D eigenvalue weighted by atomic mass is 32.2. The lowest BCUT2D eigenvalue weighted by Crippen LogP contribution is -2.43. The number of nitrogens with zero attached hydrogens (tertiary/aromatic N) is 1. The topological polar surface area (TPSA) is 37.4 Å². The van der Waals surface area contributed by atoms with E-state index in [9.17, 15) is 8.42 Å². The van der Waals surface area contributed by atoms with Crippen molar-refractivity contribution in [2.24, 2.45) is 0 Å². The van der Waals surface area contributed by atoms with Crippen molar-refractivity contribution in [3.8, 4) is 0 Å². The minimum atomic E-state index is -2.81. The van der Waals surface area contributed by atoms with Crippen molar-refractivity contribution < 1.29 is 8.42 Å². The van der Waals surface area contributed by atoms with Crippen LogP contribution in [-0.2, 0) is 9.84 Å². The standard InChI is InChI=1S/C9H19NO2S/c1-3-10-7-5-4-6-9(10)8-13(2,11)12/h9H,3-8H2,1-2H3. The van der Waals surface area contributed by atoms with Gasteiger partial charge in [-0.3, -0.25) is 4.90 Å². The molecule has 4 heteroatoms. The largest absolute Gasteiger partial charge is 0.300 e. The fourth-order valence-electron chi connectivity index (χ4n) is 2.01. The molecule has 1 fully saturated rings. The van der Waals surface area contributed by atoms with Crippen molar-refractivity contribution in [1.82, 2.24) is 4.90 Å². The molecule has 0 amide bonds. The molecule has 3 nitrogen and oxygen atoms in total. The summed E-state index contributed by atoms with van der Waals surface area (Å²) in [5, 5.41) is 0. The van der Waals surface area contributed by atoms with Gasteiger partial charge in [0.1, 0.15) is 9.84 Å². The summed E-state index contributed by atoms with van der Waals surface area (Å²) >= 11 is 0. The van der Waals surface area contributed by atoms with Crippen molar-refractivity contribution in [3.63, 3.8) is 0 Å². The molecule has 1 heterocycles. The van der Waals surface area contributed by atoms with Gasteiger partial charge in [-0.2, -0.15) is 0 Å². The Morgan fingerprint density at radius 3 is 2.62 bits per heavy atom. The van der Waals surface area contributed by atoms with Crippen molar-refractivity contribution in [2.45, 2.75) is 32.2 Å². The SMILES string of the molecule is CCN1CCCCC1CS(C)(=O)=O. The van der Waals surface area contributed by atoms with Gasteiger partial charge in [0.05, 0.1) is 5.75 Å². The van der Waals surface area contributed by atoms with Gasteiger partial charge >= 0.3 is 0 Å². The zero-order valence-corrected chi connectivity index (χ0v) is 9.31. The van der Waals surface area contributed by atoms with Crippen LogP contribution < -0.4 is 0 Å². The molecule has 1 atom stereocenters. The molecule has 0 aliphatic carbocycles. The average molecular weight is 205 g/mol. The molecule has 1 unspecified atom stereocenters. The van der Waals surface area contributed by atoms with Crippen LogP contribution >= 0.6 is 0 Å². The molecule has 0 N–H and O–H groups in total. The Kier molecular flexibility index (Phi) is 3.74. The molecular formula is C9H19NO2S. The first-order valence-corrected chi connectivity index (χ1v) is 7.01. The lowest BCUT2D eigenvalue weighted by molar-refractivity contribution is 0.171. The van der Waals surface area contributed by atoms with E-state index in [0.29, 0.717) is 5.75 Å². The van der Waals surface area contributed by atoms with E-state index in [1.54, 1.807) is 0 Å². The third-order valence-corrected chi connectivity index (χ3v) is 3.64. The van der Waals surface area contributed by atoms with Gasteiger partial charge in [-0.1, -0.05) is 13.3 Å². The first-order chi connectivity index (χ1) is 6.03. The van der Waals surface area contributed by atoms with Crippen molar-refractivity contribution in [1.29, 1.82) is 0 Å². The highest BCUT2D eigenvalue weighted by molar-refractivity contribution is 7.90. The van der Waals surface area contributed by atoms with Crippen LogP contribution in [0.4, 0.5) is 0 Å². The van der Waals surface area contributed by atoms with Crippen LogP contribution in [0, 0.1) is 0 Å². The van der Waals surface area contributed by atoms with Gasteiger partial charge in [0.25, 0.3) is 0 Å². The fraction of sp³-hybridized carbons (Fsp3) is 1.00. The third-order valence-electron chi connectivity index (χ3n) is 2.65. The second-order valence-corrected chi connectivity index (χ2v) is 6.06. The fourth-order valence-corrected chi connectivity index (χ4v) is 3.09. The van der Waals surface area contributed by atoms with Crippen molar-refractivity contribution >= 4 is 9.84 Å². The Hall–Kier alpha value is -0.0900. The van der Waals surface area contributed by atoms with Crippen LogP contribution in [0.1, 0.15) is 26.2 Å². The predicted molar refractivity (Wildman–Crippen MR) is 54.6 cm³/mol. The summed E-state index contributed by atoms with van der Waals surface area (Å²) in [7, 11) is -2.81. The summed E-state index contributed by atoms with van der Waals surface area (Å²) in [6.07, 6.45) is 4.77. The Balaban J connectivity index is 2.55. The van der Waals surface area contributed by atoms with E-state index < -0.39 is 9.84 Å². The van der Waals surface area contributed by atoms with Crippen LogP contribution in [0.25, 0.3) is 0 Å². The molecule has 0 aromatic rings. The van der Waals surface area contributed by atoms with Crippen molar-refractivity contribution in [3.05, 3.63) is 0 Å². The first-order valence-electron chi connectivity index (χ1n) is 4.94. The summed E-state index contributed by atoms with van der Waals surface area (Å²) in [5.41, 5.74) is 0. The van der Waals surface area contributed by atoms with Crippen LogP contribution in [-0.4, -0.2) is 44.5 Å². The summed E-state index contributed by atoms with van der Waals surface area (Å²) in [4.78, 5) is 2.28. The first kappa shape index (κ1) is 11.0. The molecule has 1 aliphatic rings. The van der Waals surface area contributed by atoms with E-state index in [1.165, 1.54) is 19.1 Å². The normalized spacial score (nSPS) is 26.2. The van der Waals surface area contributed by atoms with Crippen LogP contribution in [0.5, 0.6) is 0 Å². The average Bonchev–Trinajstić information content (AvgIpc) is 2.02. The lowest BCUT2D eigenvalue weighted by atomic mass is 10.0. The summed E-state index contributed by atoms with van der Waals surface area (Å²) in [5.74, 6) is 0.334. The number of piperidine rings is 1. The third kappa shape index (κ3) is 3.65. The smallest absolute Gasteiger partial charge is 0.148 e. The maximum absolute atomic E-state index is 11.1. The number of sulfone groups is 1. The number of hydrogen-bond acceptors (Lipinski definition) is 3. The molecule has 13 heavy (non-hydrogen) atoms. The van der Waals surface area contributed by atoms with E-state index in [4.69, 9.17) is 0 Å². The zero-order chi connectivity index (χ0) is 9.90. The minimum Gasteiger partial charge on any atom is -0.300 e. The monoisotopic (exact) mass is 205 g/mol. The summed E-state index contributed by atoms with van der Waals surface area (Å²) < 4.78 is 22.3. The maximum Gasteiger partial charge on any atom is 0.148 e. The van der Waals surface area contributed by atoms with Gasteiger partial charge in [0.2, 0.25) is 0 Å². The lowest BCUT2D eigenvalue weighted by Gasteiger charge is -2.34. The maximum atomic E-state index is 11.1. The molecule has 0 aromatic heterocycles. The second-order valence-electron chi connectivity index (χ2n) is 3.87. The number of rotatable bonds is 3. The highest BCUT2D eigenvalue weighted by Gasteiger charge is 2.23. The molecule has 1 aliphatic heterocycles. The van der Waals surface area contributed by atoms with Gasteiger partial charge in [-0.05, 0) is 25.9 Å². The highest BCUT2D eigenvalue weighted by Crippen LogP contribution is 2.17. The second kappa shape index (κ2) is 4.42. The quantitative estimate of drug-likeness (QED) is 0.687. The molecular weight excluding hydrogens is 186 g/mol. The van der Waals surface area contributed by atoms with Crippen LogP contribution in [0.2, 0.25) is 0 Å². The Bertz CT molecular complexity index is 248. The van der Waals surface area contributed by atoms with E-state index in [-0.39, 0.29) is 6.04 Å². The van der Waals surface area contributed by atoms with Crippen molar-refractivity contribution in [2.75, 3.05) is 25.1 Å². The van der Waals surface area contributed by atoms with Gasteiger partial charge in [-0.25, -0.2) is 8.42 Å². The number of likely N-dealkylation sites (tertiary alicyclic amines) is 1. The van der Waals surface area contributed by atoms with E-state index >= 15 is 0 Å². The van der Waals surface area contributed by atoms with Gasteiger partial charge in [0.15, 0.2) is 0 Å². The number of hydrogen-bond donors (Lipinski definition) is 0. The van der Waals surface area contributed by atoms with E-state index in [1.807, 2.05) is 0 Å². The summed E-state index contributed by atoms with van der Waals surface area (Å²) in [6, 6.07) is 0.272. The Morgan fingerprint density at radius 2 is 2.08 bits per heavy atom. The van der Waals surface area contributed by atoms with Gasteiger partial charge in [0, 0.05) is 12.3 Å². The van der Waals surface area contributed by atoms with E-state index in [0.717, 1.165) is 19.5 Å². The zero-order valence-electron chi connectivity index (χ0n) is 8.49. The van der Waals surface area contributed by atoms with Crippen LogP contribution in [0.3, 0.4) is 0 Å².